The Kier molecular flexibility index (Phi) is 5.78. The standard InChI is InChI=1S/C41H31N5/c1-41(2)34-13-5-9-17-39(34)46(40-18-10-6-14-35(40)41)31-25-23-29(24-26-31)44-27-36(42-43-44)28-19-21-30(22-20-28)45-37-15-7-3-11-32(37)33-12-4-8-16-38(33)45/h3-27H,1-2H3. The monoisotopic (exact) mass is 593 g/mol. The zero-order valence-electron chi connectivity index (χ0n) is 25.7. The molecule has 0 spiro atoms. The maximum atomic E-state index is 4.54. The van der Waals surface area contributed by atoms with Gasteiger partial charge in [-0.3, -0.25) is 0 Å². The number of nitrogens with zero attached hydrogens (tertiary/aromatic N) is 5. The van der Waals surface area contributed by atoms with Crippen LogP contribution in [0.5, 0.6) is 0 Å². The van der Waals surface area contributed by atoms with E-state index in [1.807, 2.05) is 10.9 Å². The van der Waals surface area contributed by atoms with Crippen LogP contribution in [0.2, 0.25) is 0 Å². The lowest BCUT2D eigenvalue weighted by Crippen LogP contribution is -2.30. The van der Waals surface area contributed by atoms with E-state index in [1.54, 1.807) is 0 Å². The quantitative estimate of drug-likeness (QED) is 0.204. The number of para-hydroxylation sites is 4. The molecular formula is C41H31N5. The minimum Gasteiger partial charge on any atom is -0.310 e. The summed E-state index contributed by atoms with van der Waals surface area (Å²) in [5, 5.41) is 11.6. The summed E-state index contributed by atoms with van der Waals surface area (Å²) < 4.78 is 4.17. The highest BCUT2D eigenvalue weighted by atomic mass is 15.4. The second kappa shape index (κ2) is 10.0. The van der Waals surface area contributed by atoms with Crippen LogP contribution in [0.4, 0.5) is 17.1 Å². The third-order valence-corrected chi connectivity index (χ3v) is 9.50. The molecule has 6 aromatic carbocycles. The van der Waals surface area contributed by atoms with Crippen molar-refractivity contribution in [1.29, 1.82) is 0 Å². The SMILES string of the molecule is CC1(C)c2ccccc2N(c2ccc(-n3cc(-c4ccc(-n5c6ccccc6c6ccccc65)cc4)nn3)cc2)c2ccccc21. The van der Waals surface area contributed by atoms with E-state index in [0.717, 1.165) is 28.3 Å². The Morgan fingerprint density at radius 3 is 1.61 bits per heavy atom. The molecule has 46 heavy (non-hydrogen) atoms. The van der Waals surface area contributed by atoms with E-state index < -0.39 is 0 Å². The molecule has 5 nitrogen and oxygen atoms in total. The van der Waals surface area contributed by atoms with E-state index in [-0.39, 0.29) is 5.41 Å². The average molecular weight is 594 g/mol. The van der Waals surface area contributed by atoms with Gasteiger partial charge in [0.2, 0.25) is 0 Å². The smallest absolute Gasteiger partial charge is 0.113 e. The number of rotatable bonds is 4. The summed E-state index contributed by atoms with van der Waals surface area (Å²) in [5.41, 5.74) is 12.4. The lowest BCUT2D eigenvalue weighted by molar-refractivity contribution is 0.632. The molecule has 2 aromatic heterocycles. The second-order valence-electron chi connectivity index (χ2n) is 12.5. The fourth-order valence-corrected chi connectivity index (χ4v) is 7.21. The number of aromatic nitrogens is 4. The molecule has 0 atom stereocenters. The van der Waals surface area contributed by atoms with Gasteiger partial charge < -0.3 is 9.47 Å². The van der Waals surface area contributed by atoms with Crippen LogP contribution in [0.1, 0.15) is 25.0 Å². The topological polar surface area (TPSA) is 38.9 Å². The first-order valence-electron chi connectivity index (χ1n) is 15.7. The Labute approximate surface area is 267 Å². The lowest BCUT2D eigenvalue weighted by Gasteiger charge is -2.42. The first-order chi connectivity index (χ1) is 22.6. The van der Waals surface area contributed by atoms with Crippen molar-refractivity contribution in [3.8, 4) is 22.6 Å². The molecule has 9 rings (SSSR count). The van der Waals surface area contributed by atoms with Crippen molar-refractivity contribution in [2.75, 3.05) is 4.90 Å². The summed E-state index contributed by atoms with van der Waals surface area (Å²) in [7, 11) is 0. The Morgan fingerprint density at radius 2 is 1.00 bits per heavy atom. The summed E-state index contributed by atoms with van der Waals surface area (Å²) in [4.78, 5) is 2.37. The van der Waals surface area contributed by atoms with Crippen molar-refractivity contribution >= 4 is 38.9 Å². The zero-order valence-corrected chi connectivity index (χ0v) is 25.7. The molecule has 0 unspecified atom stereocenters. The van der Waals surface area contributed by atoms with Crippen molar-refractivity contribution in [2.45, 2.75) is 19.3 Å². The third-order valence-electron chi connectivity index (χ3n) is 9.50. The molecule has 0 saturated carbocycles. The van der Waals surface area contributed by atoms with Crippen LogP contribution in [-0.2, 0) is 5.41 Å². The molecule has 0 fully saturated rings. The van der Waals surface area contributed by atoms with Crippen molar-refractivity contribution < 1.29 is 0 Å². The average Bonchev–Trinajstić information content (AvgIpc) is 3.73. The normalized spacial score (nSPS) is 13.6. The van der Waals surface area contributed by atoms with E-state index in [2.05, 4.69) is 179 Å². The molecule has 1 aliphatic heterocycles. The van der Waals surface area contributed by atoms with Crippen LogP contribution in [0.3, 0.4) is 0 Å². The van der Waals surface area contributed by atoms with Gasteiger partial charge in [0.1, 0.15) is 5.69 Å². The van der Waals surface area contributed by atoms with Crippen LogP contribution >= 0.6 is 0 Å². The van der Waals surface area contributed by atoms with Gasteiger partial charge in [-0.25, -0.2) is 4.68 Å². The summed E-state index contributed by atoms with van der Waals surface area (Å²) in [5.74, 6) is 0. The fourth-order valence-electron chi connectivity index (χ4n) is 7.21. The Hall–Kier alpha value is -5.94. The summed E-state index contributed by atoms with van der Waals surface area (Å²) in [6, 6.07) is 51.8. The summed E-state index contributed by atoms with van der Waals surface area (Å²) in [6.45, 7) is 4.62. The largest absolute Gasteiger partial charge is 0.310 e. The van der Waals surface area contributed by atoms with Gasteiger partial charge in [0.25, 0.3) is 0 Å². The van der Waals surface area contributed by atoms with Gasteiger partial charge in [-0.15, -0.1) is 5.10 Å². The second-order valence-corrected chi connectivity index (χ2v) is 12.5. The van der Waals surface area contributed by atoms with Gasteiger partial charge in [-0.1, -0.05) is 104 Å². The predicted octanol–water partition coefficient (Wildman–Crippen LogP) is 10.1. The number of hydrogen-bond acceptors (Lipinski definition) is 3. The lowest BCUT2D eigenvalue weighted by atomic mass is 9.73. The molecule has 8 aromatic rings. The van der Waals surface area contributed by atoms with Crippen LogP contribution < -0.4 is 4.90 Å². The van der Waals surface area contributed by atoms with E-state index in [4.69, 9.17) is 0 Å². The molecule has 5 heteroatoms. The van der Waals surface area contributed by atoms with Crippen molar-refractivity contribution in [3.05, 3.63) is 163 Å². The number of anilines is 3. The van der Waals surface area contributed by atoms with Gasteiger partial charge >= 0.3 is 0 Å². The number of fused-ring (bicyclic) bond motifs is 5. The maximum Gasteiger partial charge on any atom is 0.113 e. The Balaban J connectivity index is 1.03. The summed E-state index contributed by atoms with van der Waals surface area (Å²) >= 11 is 0. The van der Waals surface area contributed by atoms with E-state index in [1.165, 1.54) is 44.3 Å². The van der Waals surface area contributed by atoms with Crippen LogP contribution in [0.15, 0.2) is 152 Å². The van der Waals surface area contributed by atoms with Crippen LogP contribution in [0, 0.1) is 0 Å². The van der Waals surface area contributed by atoms with Gasteiger partial charge in [-0.2, -0.15) is 0 Å². The first kappa shape index (κ1) is 26.5. The molecule has 0 saturated heterocycles. The van der Waals surface area contributed by atoms with Gasteiger partial charge in [0, 0.05) is 33.1 Å². The minimum absolute atomic E-state index is 0.0809. The summed E-state index contributed by atoms with van der Waals surface area (Å²) in [6.07, 6.45) is 2.00. The van der Waals surface area contributed by atoms with Crippen molar-refractivity contribution in [3.63, 3.8) is 0 Å². The maximum absolute atomic E-state index is 4.54. The number of benzene rings is 6. The number of hydrogen-bond donors (Lipinski definition) is 0. The fraction of sp³-hybridized carbons (Fsp3) is 0.0732. The highest BCUT2D eigenvalue weighted by Crippen LogP contribution is 2.51. The molecular weight excluding hydrogens is 562 g/mol. The van der Waals surface area contributed by atoms with E-state index >= 15 is 0 Å². The first-order valence-corrected chi connectivity index (χ1v) is 15.7. The van der Waals surface area contributed by atoms with Gasteiger partial charge in [0.05, 0.1) is 34.3 Å². The Bertz CT molecular complexity index is 2290. The van der Waals surface area contributed by atoms with Crippen LogP contribution in [0.25, 0.3) is 44.4 Å². The van der Waals surface area contributed by atoms with Crippen LogP contribution in [-0.4, -0.2) is 19.6 Å². The van der Waals surface area contributed by atoms with E-state index in [0.29, 0.717) is 0 Å². The molecule has 0 aliphatic carbocycles. The Morgan fingerprint density at radius 1 is 0.500 bits per heavy atom. The van der Waals surface area contributed by atoms with Gasteiger partial charge in [0.15, 0.2) is 0 Å². The van der Waals surface area contributed by atoms with Gasteiger partial charge in [-0.05, 0) is 71.8 Å². The predicted molar refractivity (Wildman–Crippen MR) is 188 cm³/mol. The highest BCUT2D eigenvalue weighted by Gasteiger charge is 2.36. The zero-order chi connectivity index (χ0) is 30.8. The molecule has 0 radical (unpaired) electrons. The minimum atomic E-state index is -0.0809. The third kappa shape index (κ3) is 3.95. The molecule has 3 heterocycles. The molecule has 0 bridgehead atoms. The molecule has 220 valence electrons. The molecule has 0 N–H and O–H groups in total. The molecule has 1 aliphatic rings. The molecule has 0 amide bonds. The van der Waals surface area contributed by atoms with Crippen molar-refractivity contribution in [2.24, 2.45) is 0 Å². The highest BCUT2D eigenvalue weighted by molar-refractivity contribution is 6.09. The van der Waals surface area contributed by atoms with E-state index in [9.17, 15) is 0 Å². The van der Waals surface area contributed by atoms with Crippen molar-refractivity contribution in [1.82, 2.24) is 19.6 Å².